The first-order valence-corrected chi connectivity index (χ1v) is 44.4. The maximum atomic E-state index is 6.27. The zero-order valence-corrected chi connectivity index (χ0v) is 73.5. The third-order valence-corrected chi connectivity index (χ3v) is 24.6. The second-order valence-electron chi connectivity index (χ2n) is 33.5. The number of aromatic nitrogens is 12. The highest BCUT2D eigenvalue weighted by Gasteiger charge is 2.52. The van der Waals surface area contributed by atoms with Crippen LogP contribution < -0.4 is 5.46 Å². The smallest absolute Gasteiger partial charge is 0.399 e. The van der Waals surface area contributed by atoms with E-state index in [1.807, 2.05) is 200 Å². The van der Waals surface area contributed by atoms with Crippen LogP contribution in [-0.2, 0) is 9.31 Å². The lowest BCUT2D eigenvalue weighted by Gasteiger charge is -2.32. The lowest BCUT2D eigenvalue weighted by molar-refractivity contribution is 0.00578. The Morgan fingerprint density at radius 1 is 0.205 bits per heavy atom. The van der Waals surface area contributed by atoms with Crippen molar-refractivity contribution < 1.29 is 9.31 Å². The van der Waals surface area contributed by atoms with Crippen LogP contribution in [0.4, 0.5) is 0 Å². The Morgan fingerprint density at radius 2 is 0.470 bits per heavy atom. The number of benzene rings is 16. The van der Waals surface area contributed by atoms with Crippen molar-refractivity contribution in [3.8, 4) is 159 Å². The van der Waals surface area contributed by atoms with Gasteiger partial charge < -0.3 is 18.4 Å². The maximum Gasteiger partial charge on any atom is 0.494 e. The number of hydrogen-bond acceptors (Lipinski definition) is 12. The summed E-state index contributed by atoms with van der Waals surface area (Å²) in [5.41, 5.74) is 24.3. The lowest BCUT2D eigenvalue weighted by Crippen LogP contribution is -2.41. The van der Waals surface area contributed by atoms with E-state index < -0.39 is 7.12 Å². The molecule has 630 valence electrons. The summed E-state index contributed by atoms with van der Waals surface area (Å²) < 4.78 is 17.2. The molecule has 1 saturated heterocycles. The molecule has 1 aliphatic rings. The first-order chi connectivity index (χ1) is 64.8. The fourth-order valence-corrected chi connectivity index (χ4v) is 17.0. The second kappa shape index (κ2) is 36.0. The Morgan fingerprint density at radius 3 is 0.856 bits per heavy atom. The minimum Gasteiger partial charge on any atom is -0.399 e. The Balaban J connectivity index is 0.000000127. The van der Waals surface area contributed by atoms with Gasteiger partial charge in [0.25, 0.3) is 0 Å². The fourth-order valence-electron chi connectivity index (χ4n) is 16.9. The van der Waals surface area contributed by atoms with Crippen molar-refractivity contribution in [1.82, 2.24) is 59.0 Å². The molecule has 0 spiro atoms. The average Bonchev–Trinajstić information content (AvgIpc) is 1.59. The average molecular weight is 1720 g/mol. The van der Waals surface area contributed by atoms with E-state index in [1.54, 1.807) is 0 Å². The van der Waals surface area contributed by atoms with Crippen LogP contribution in [-0.4, -0.2) is 77.3 Å². The molecule has 0 amide bonds. The van der Waals surface area contributed by atoms with Crippen molar-refractivity contribution in [3.05, 3.63) is 442 Å². The highest BCUT2D eigenvalue weighted by atomic mass is 35.5. The van der Waals surface area contributed by atoms with Crippen molar-refractivity contribution in [2.75, 3.05) is 0 Å². The van der Waals surface area contributed by atoms with Crippen molar-refractivity contribution in [2.45, 2.75) is 38.9 Å². The molecular formula is C116H84BClN12O2. The Kier molecular flexibility index (Phi) is 22.5. The van der Waals surface area contributed by atoms with E-state index in [1.165, 1.54) is 10.8 Å². The number of fused-ring (bicyclic) bond motifs is 6. The zero-order valence-electron chi connectivity index (χ0n) is 72.7. The molecule has 0 atom stereocenters. The van der Waals surface area contributed by atoms with Crippen LogP contribution in [0.5, 0.6) is 0 Å². The van der Waals surface area contributed by atoms with Crippen LogP contribution in [0.15, 0.2) is 437 Å². The molecule has 0 aliphatic carbocycles. The highest BCUT2D eigenvalue weighted by Crippen LogP contribution is 2.42. The molecule has 22 aromatic rings. The maximum absolute atomic E-state index is 6.27. The summed E-state index contributed by atoms with van der Waals surface area (Å²) in [6.07, 6.45) is 0. The molecule has 23 rings (SSSR count). The van der Waals surface area contributed by atoms with Gasteiger partial charge in [0.05, 0.1) is 56.0 Å². The number of para-hydroxylation sites is 4. The number of hydrogen-bond donors (Lipinski definition) is 0. The van der Waals surface area contributed by atoms with E-state index in [-0.39, 0.29) is 11.2 Å². The van der Waals surface area contributed by atoms with E-state index in [0.29, 0.717) is 51.6 Å². The first kappa shape index (κ1) is 82.5. The summed E-state index contributed by atoms with van der Waals surface area (Å²) in [6, 6.07) is 149. The lowest BCUT2D eigenvalue weighted by atomic mass is 9.78. The van der Waals surface area contributed by atoms with Crippen molar-refractivity contribution in [1.29, 1.82) is 0 Å². The van der Waals surface area contributed by atoms with Crippen LogP contribution in [0.2, 0.25) is 5.02 Å². The number of nitrogens with zero attached hydrogens (tertiary/aromatic N) is 12. The molecule has 0 unspecified atom stereocenters. The minimum atomic E-state index is -0.418. The van der Waals surface area contributed by atoms with Gasteiger partial charge in [0.15, 0.2) is 46.6 Å². The predicted octanol–water partition coefficient (Wildman–Crippen LogP) is 27.8. The number of halogens is 1. The van der Waals surface area contributed by atoms with Crippen LogP contribution in [0.3, 0.4) is 0 Å². The molecule has 6 aromatic heterocycles. The molecule has 0 saturated carbocycles. The van der Waals surface area contributed by atoms with Gasteiger partial charge in [-0.1, -0.05) is 333 Å². The molecule has 16 aromatic carbocycles. The molecule has 0 radical (unpaired) electrons. The molecule has 1 fully saturated rings. The van der Waals surface area contributed by atoms with Crippen LogP contribution in [0, 0.1) is 0 Å². The quantitative estimate of drug-likeness (QED) is 0.0845. The first-order valence-electron chi connectivity index (χ1n) is 44.0. The van der Waals surface area contributed by atoms with Crippen LogP contribution >= 0.6 is 11.6 Å². The topological polar surface area (TPSA) is 157 Å². The van der Waals surface area contributed by atoms with Crippen molar-refractivity contribution in [3.63, 3.8) is 0 Å². The Labute approximate surface area is 770 Å². The predicted molar refractivity (Wildman–Crippen MR) is 537 cm³/mol. The Bertz CT molecular complexity index is 7810. The van der Waals surface area contributed by atoms with E-state index in [9.17, 15) is 0 Å². The van der Waals surface area contributed by atoms with Gasteiger partial charge in [-0.05, 0) is 165 Å². The molecule has 0 N–H and O–H groups in total. The molecule has 16 heteroatoms. The van der Waals surface area contributed by atoms with Crippen LogP contribution in [0.1, 0.15) is 27.7 Å². The van der Waals surface area contributed by atoms with Crippen molar-refractivity contribution >= 4 is 67.8 Å². The van der Waals surface area contributed by atoms with E-state index in [2.05, 4.69) is 273 Å². The third-order valence-electron chi connectivity index (χ3n) is 24.3. The molecule has 1 aliphatic heterocycles. The molecule has 132 heavy (non-hydrogen) atoms. The fraction of sp³-hybridized carbons (Fsp3) is 0.0517. The zero-order chi connectivity index (χ0) is 89.1. The monoisotopic (exact) mass is 1720 g/mol. The Hall–Kier alpha value is -16.4. The van der Waals surface area contributed by atoms with Gasteiger partial charge in [0, 0.05) is 99.1 Å². The van der Waals surface area contributed by atoms with Gasteiger partial charge in [-0.2, -0.15) is 0 Å². The number of rotatable bonds is 16. The SMILES string of the molecule is CC1(C)OB(c2cccc(-c3cc(-c4ccccc4)nc(-c4ccccc4)n3)c2)OC1(C)C.Clc1ccc(-c2nc(-c3ccccc3)nc(-c3ccc4c(c3)c3ccccc3n4-c3ccccc3)n2)cc1.c1ccc(-c2cc(-c3cccc(-c4ccc(-c5nc(-c6ccccc6)nc(-c6ccc7c(c6)c6ccccc6n7-c6ccccc6)n5)cc4)c3)nc(-c3ccccc3)n2)cc1. The van der Waals surface area contributed by atoms with Crippen molar-refractivity contribution in [2.24, 2.45) is 0 Å². The van der Waals surface area contributed by atoms with Crippen LogP contribution in [0.25, 0.3) is 202 Å². The molecule has 7 heterocycles. The van der Waals surface area contributed by atoms with E-state index >= 15 is 0 Å². The highest BCUT2D eigenvalue weighted by molar-refractivity contribution is 6.62. The third kappa shape index (κ3) is 17.0. The van der Waals surface area contributed by atoms with Gasteiger partial charge >= 0.3 is 7.12 Å². The van der Waals surface area contributed by atoms with E-state index in [4.69, 9.17) is 70.7 Å². The summed E-state index contributed by atoms with van der Waals surface area (Å²) in [7, 11) is -0.418. The molecular weight excluding hydrogens is 1640 g/mol. The normalized spacial score (nSPS) is 12.6. The summed E-state index contributed by atoms with van der Waals surface area (Å²) in [6.45, 7) is 8.28. The summed E-state index contributed by atoms with van der Waals surface area (Å²) in [5.74, 6) is 5.11. The van der Waals surface area contributed by atoms with Gasteiger partial charge in [-0.3, -0.25) is 0 Å². The van der Waals surface area contributed by atoms with Gasteiger partial charge in [-0.15, -0.1) is 0 Å². The van der Waals surface area contributed by atoms with Gasteiger partial charge in [0.2, 0.25) is 0 Å². The second-order valence-corrected chi connectivity index (χ2v) is 33.9. The standard InChI is InChI=1S/C55H36N6.C33H21ClN4.C28H27BN2O2/c1-5-16-38(17-6-1)48-36-49(57-52(56-48)39-18-7-2-8-19-39)43-23-15-22-42(34-43)37-28-30-41(31-29-37)54-58-53(40-20-9-3-10-21-40)59-55(60-54)44-32-33-51-47(35-44)46-26-13-14-27-50(46)61(51)45-24-11-4-12-25-45;34-25-18-15-23(16-19-25)32-35-31(22-9-3-1-4-10-22)36-33(37-32)24-17-20-30-28(21-24)27-13-7-8-14-29(27)38(30)26-11-5-2-6-12-26;1-27(2)28(3,4)33-29(32-27)23-17-11-16-22(18-23)25-19-24(20-12-7-5-8-13-20)30-26(31-25)21-14-9-6-10-15-21/h1-36H;1-21H;5-19H,1-4H3. The van der Waals surface area contributed by atoms with E-state index in [0.717, 1.165) is 150 Å². The summed E-state index contributed by atoms with van der Waals surface area (Å²) >= 11 is 6.15. The van der Waals surface area contributed by atoms with Gasteiger partial charge in [0.1, 0.15) is 0 Å². The summed E-state index contributed by atoms with van der Waals surface area (Å²) in [5, 5.41) is 5.32. The van der Waals surface area contributed by atoms with Gasteiger partial charge in [-0.25, -0.2) is 49.8 Å². The largest absolute Gasteiger partial charge is 0.494 e. The molecule has 14 nitrogen and oxygen atoms in total. The summed E-state index contributed by atoms with van der Waals surface area (Å²) in [4.78, 5) is 49.7. The minimum absolute atomic E-state index is 0.385. The molecule has 0 bridgehead atoms.